The van der Waals surface area contributed by atoms with E-state index in [1.165, 1.54) is 0 Å². The van der Waals surface area contributed by atoms with E-state index >= 15 is 0 Å². The summed E-state index contributed by atoms with van der Waals surface area (Å²) >= 11 is 0. The summed E-state index contributed by atoms with van der Waals surface area (Å²) < 4.78 is 2.16. The number of aryl methyl sites for hydroxylation is 1. The highest BCUT2D eigenvalue weighted by Crippen LogP contribution is 2.26. The lowest BCUT2D eigenvalue weighted by molar-refractivity contribution is 0.592. The molecule has 0 spiro atoms. The number of hydrogen-bond acceptors (Lipinski definition) is 3. The average molecular weight is 266 g/mol. The van der Waals surface area contributed by atoms with Crippen LogP contribution in [0.25, 0.3) is 10.9 Å². The Hall–Kier alpha value is -2.20. The van der Waals surface area contributed by atoms with Crippen molar-refractivity contribution in [1.82, 2.24) is 19.9 Å². The zero-order valence-electron chi connectivity index (χ0n) is 11.7. The molecule has 0 aliphatic rings. The molecule has 1 atom stereocenters. The predicted molar refractivity (Wildman–Crippen MR) is 80.5 cm³/mol. The zero-order chi connectivity index (χ0) is 13.9. The monoisotopic (exact) mass is 266 g/mol. The average Bonchev–Trinajstić information content (AvgIpc) is 2.97. The molecule has 2 heterocycles. The first-order valence-corrected chi connectivity index (χ1v) is 6.87. The number of nitrogens with zero attached hydrogens (tertiary/aromatic N) is 3. The Balaban J connectivity index is 2.17. The number of nitrogens with one attached hydrogen (secondary N) is 1. The molecule has 2 aromatic heterocycles. The molecule has 0 fully saturated rings. The third-order valence-corrected chi connectivity index (χ3v) is 3.61. The fourth-order valence-electron chi connectivity index (χ4n) is 2.63. The first-order valence-electron chi connectivity index (χ1n) is 6.87. The molecule has 1 unspecified atom stereocenters. The van der Waals surface area contributed by atoms with Crippen LogP contribution in [-0.4, -0.2) is 21.6 Å². The first-order chi connectivity index (χ1) is 9.85. The number of imidazole rings is 1. The summed E-state index contributed by atoms with van der Waals surface area (Å²) in [6.45, 7) is 3.03. The van der Waals surface area contributed by atoms with Gasteiger partial charge in [0.05, 0.1) is 11.6 Å². The molecule has 3 rings (SSSR count). The molecule has 0 bridgehead atoms. The molecule has 0 aliphatic carbocycles. The molecule has 1 aromatic carbocycles. The van der Waals surface area contributed by atoms with Gasteiger partial charge < -0.3 is 9.88 Å². The maximum absolute atomic E-state index is 4.54. The topological polar surface area (TPSA) is 42.7 Å². The van der Waals surface area contributed by atoms with Gasteiger partial charge in [0.15, 0.2) is 0 Å². The Bertz CT molecular complexity index is 712. The van der Waals surface area contributed by atoms with Crippen LogP contribution in [0.5, 0.6) is 0 Å². The Kier molecular flexibility index (Phi) is 3.48. The van der Waals surface area contributed by atoms with Gasteiger partial charge in [0, 0.05) is 36.1 Å². The van der Waals surface area contributed by atoms with E-state index in [-0.39, 0.29) is 6.04 Å². The van der Waals surface area contributed by atoms with Gasteiger partial charge in [0.2, 0.25) is 0 Å². The number of benzene rings is 1. The second kappa shape index (κ2) is 5.43. The minimum atomic E-state index is 0.0450. The molecule has 1 N–H and O–H groups in total. The molecule has 0 aliphatic heterocycles. The van der Waals surface area contributed by atoms with Gasteiger partial charge in [-0.05, 0) is 20.0 Å². The molecule has 3 aromatic rings. The zero-order valence-corrected chi connectivity index (χ0v) is 11.7. The molecular formula is C16H18N4. The number of rotatable bonds is 4. The third-order valence-electron chi connectivity index (χ3n) is 3.61. The van der Waals surface area contributed by atoms with Gasteiger partial charge in [0.25, 0.3) is 0 Å². The van der Waals surface area contributed by atoms with E-state index in [1.807, 2.05) is 31.7 Å². The standard InChI is InChI=1S/C16H18N4/c1-3-20-11-10-19-16(20)15(17-2)13-8-4-6-12-7-5-9-18-14(12)13/h4-11,15,17H,3H2,1-2H3. The smallest absolute Gasteiger partial charge is 0.130 e. The minimum absolute atomic E-state index is 0.0450. The summed E-state index contributed by atoms with van der Waals surface area (Å²) in [5.74, 6) is 1.02. The molecule has 0 saturated heterocycles. The third kappa shape index (κ3) is 2.08. The van der Waals surface area contributed by atoms with E-state index in [1.54, 1.807) is 0 Å². The van der Waals surface area contributed by atoms with Gasteiger partial charge in [-0.3, -0.25) is 4.98 Å². The van der Waals surface area contributed by atoms with Gasteiger partial charge in [0.1, 0.15) is 5.82 Å². The van der Waals surface area contributed by atoms with Crippen molar-refractivity contribution < 1.29 is 0 Å². The van der Waals surface area contributed by atoms with Gasteiger partial charge in [-0.1, -0.05) is 24.3 Å². The van der Waals surface area contributed by atoms with Gasteiger partial charge in [-0.25, -0.2) is 4.98 Å². The Morgan fingerprint density at radius 2 is 2.00 bits per heavy atom. The highest BCUT2D eigenvalue weighted by atomic mass is 15.1. The maximum Gasteiger partial charge on any atom is 0.130 e. The van der Waals surface area contributed by atoms with Crippen LogP contribution in [-0.2, 0) is 6.54 Å². The van der Waals surface area contributed by atoms with Crippen LogP contribution in [0.4, 0.5) is 0 Å². The molecule has 0 amide bonds. The number of para-hydroxylation sites is 1. The second-order valence-corrected chi connectivity index (χ2v) is 4.72. The number of fused-ring (bicyclic) bond motifs is 1. The van der Waals surface area contributed by atoms with Crippen molar-refractivity contribution in [3.63, 3.8) is 0 Å². The number of hydrogen-bond donors (Lipinski definition) is 1. The summed E-state index contributed by atoms with van der Waals surface area (Å²) in [5, 5.41) is 4.52. The lowest BCUT2D eigenvalue weighted by Crippen LogP contribution is -2.22. The number of pyridine rings is 1. The summed E-state index contributed by atoms with van der Waals surface area (Å²) in [6.07, 6.45) is 5.70. The quantitative estimate of drug-likeness (QED) is 0.789. The molecule has 4 heteroatoms. The van der Waals surface area contributed by atoms with Crippen molar-refractivity contribution in [2.24, 2.45) is 0 Å². The molecule has 4 nitrogen and oxygen atoms in total. The van der Waals surface area contributed by atoms with E-state index in [0.29, 0.717) is 0 Å². The summed E-state index contributed by atoms with van der Waals surface area (Å²) in [4.78, 5) is 9.05. The fraction of sp³-hybridized carbons (Fsp3) is 0.250. The predicted octanol–water partition coefficient (Wildman–Crippen LogP) is 2.76. The lowest BCUT2D eigenvalue weighted by Gasteiger charge is -2.18. The highest BCUT2D eigenvalue weighted by Gasteiger charge is 2.19. The summed E-state index contributed by atoms with van der Waals surface area (Å²) in [7, 11) is 1.96. The Morgan fingerprint density at radius 3 is 2.80 bits per heavy atom. The van der Waals surface area contributed by atoms with Crippen LogP contribution >= 0.6 is 0 Å². The highest BCUT2D eigenvalue weighted by molar-refractivity contribution is 5.82. The maximum atomic E-state index is 4.54. The van der Waals surface area contributed by atoms with Gasteiger partial charge in [-0.15, -0.1) is 0 Å². The molecule has 0 saturated carbocycles. The summed E-state index contributed by atoms with van der Waals surface area (Å²) in [6, 6.07) is 10.4. The van der Waals surface area contributed by atoms with Crippen LogP contribution in [0.1, 0.15) is 24.4 Å². The second-order valence-electron chi connectivity index (χ2n) is 4.72. The van der Waals surface area contributed by atoms with Crippen molar-refractivity contribution in [2.45, 2.75) is 19.5 Å². The molecule has 20 heavy (non-hydrogen) atoms. The molecule has 0 radical (unpaired) electrons. The lowest BCUT2D eigenvalue weighted by atomic mass is 10.0. The van der Waals surface area contributed by atoms with Crippen LogP contribution in [0.15, 0.2) is 48.9 Å². The van der Waals surface area contributed by atoms with Crippen LogP contribution in [0, 0.1) is 0 Å². The van der Waals surface area contributed by atoms with Crippen molar-refractivity contribution in [2.75, 3.05) is 7.05 Å². The van der Waals surface area contributed by atoms with E-state index < -0.39 is 0 Å². The van der Waals surface area contributed by atoms with Crippen molar-refractivity contribution in [1.29, 1.82) is 0 Å². The normalized spacial score (nSPS) is 12.7. The van der Waals surface area contributed by atoms with Crippen LogP contribution in [0.2, 0.25) is 0 Å². The SMILES string of the molecule is CCn1ccnc1C(NC)c1cccc2cccnc12. The largest absolute Gasteiger partial charge is 0.334 e. The minimum Gasteiger partial charge on any atom is -0.334 e. The first kappa shape index (κ1) is 12.8. The van der Waals surface area contributed by atoms with E-state index in [2.05, 4.69) is 51.0 Å². The van der Waals surface area contributed by atoms with Gasteiger partial charge in [-0.2, -0.15) is 0 Å². The van der Waals surface area contributed by atoms with Crippen molar-refractivity contribution in [3.8, 4) is 0 Å². The fourth-order valence-corrected chi connectivity index (χ4v) is 2.63. The van der Waals surface area contributed by atoms with Crippen LogP contribution < -0.4 is 5.32 Å². The van der Waals surface area contributed by atoms with E-state index in [4.69, 9.17) is 0 Å². The Labute approximate surface area is 118 Å². The van der Waals surface area contributed by atoms with Gasteiger partial charge >= 0.3 is 0 Å². The summed E-state index contributed by atoms with van der Waals surface area (Å²) in [5.41, 5.74) is 2.19. The molecular weight excluding hydrogens is 248 g/mol. The van der Waals surface area contributed by atoms with Crippen LogP contribution in [0.3, 0.4) is 0 Å². The van der Waals surface area contributed by atoms with Crippen molar-refractivity contribution >= 4 is 10.9 Å². The molecule has 102 valence electrons. The van der Waals surface area contributed by atoms with E-state index in [9.17, 15) is 0 Å². The van der Waals surface area contributed by atoms with Crippen molar-refractivity contribution in [3.05, 3.63) is 60.3 Å². The Morgan fingerprint density at radius 1 is 1.15 bits per heavy atom. The number of aromatic nitrogens is 3. The van der Waals surface area contributed by atoms with E-state index in [0.717, 1.165) is 28.8 Å².